The largest absolute Gasteiger partial charge is 0.340 e. The maximum atomic E-state index is 11.8. The molecule has 0 atom stereocenters. The Balaban J connectivity index is 2.90. The lowest BCUT2D eigenvalue weighted by Gasteiger charge is -2.07. The molecule has 0 saturated heterocycles. The van der Waals surface area contributed by atoms with Gasteiger partial charge in [0.25, 0.3) is 5.91 Å². The number of carbonyl (C=O) groups is 1. The second-order valence-electron chi connectivity index (χ2n) is 3.69. The van der Waals surface area contributed by atoms with Crippen LogP contribution >= 0.6 is 11.6 Å². The normalized spacial score (nSPS) is 9.71. The predicted octanol–water partition coefficient (Wildman–Crippen LogP) is 2.01. The molecule has 4 nitrogen and oxygen atoms in total. The summed E-state index contributed by atoms with van der Waals surface area (Å²) in [4.78, 5) is 20.0. The summed E-state index contributed by atoms with van der Waals surface area (Å²) in [5.74, 6) is 5.84. The van der Waals surface area contributed by atoms with Crippen molar-refractivity contribution in [2.75, 3.05) is 6.54 Å². The lowest BCUT2D eigenvalue weighted by atomic mass is 10.2. The zero-order chi connectivity index (χ0) is 12.8. The minimum absolute atomic E-state index is 0.147. The molecule has 0 radical (unpaired) electrons. The summed E-state index contributed by atoms with van der Waals surface area (Å²) >= 11 is 5.89. The maximum Gasteiger partial charge on any atom is 0.272 e. The molecule has 0 aliphatic heterocycles. The van der Waals surface area contributed by atoms with E-state index in [0.29, 0.717) is 5.82 Å². The molecule has 1 aromatic heterocycles. The van der Waals surface area contributed by atoms with Gasteiger partial charge >= 0.3 is 0 Å². The topological polar surface area (TPSA) is 54.9 Å². The first-order chi connectivity index (χ1) is 8.06. The fourth-order valence-corrected chi connectivity index (χ4v) is 1.29. The first kappa shape index (κ1) is 13.5. The smallest absolute Gasteiger partial charge is 0.272 e. The van der Waals surface area contributed by atoms with Gasteiger partial charge in [0, 0.05) is 5.92 Å². The van der Waals surface area contributed by atoms with Crippen molar-refractivity contribution in [1.82, 2.24) is 15.3 Å². The van der Waals surface area contributed by atoms with E-state index in [1.165, 1.54) is 6.20 Å². The van der Waals surface area contributed by atoms with Crippen LogP contribution in [0.5, 0.6) is 0 Å². The number of aromatic nitrogens is 2. The molecule has 5 heteroatoms. The molecule has 0 saturated carbocycles. The van der Waals surface area contributed by atoms with Gasteiger partial charge in [-0.25, -0.2) is 9.97 Å². The van der Waals surface area contributed by atoms with E-state index in [4.69, 9.17) is 11.6 Å². The molecular formula is C12H14ClN3O. The van der Waals surface area contributed by atoms with Gasteiger partial charge in [-0.2, -0.15) is 0 Å². The molecule has 1 heterocycles. The molecule has 0 fully saturated rings. The molecule has 0 bridgehead atoms. The Bertz CT molecular complexity index is 474. The molecule has 0 aliphatic rings. The van der Waals surface area contributed by atoms with E-state index in [9.17, 15) is 4.79 Å². The van der Waals surface area contributed by atoms with Crippen LogP contribution in [-0.4, -0.2) is 22.4 Å². The zero-order valence-electron chi connectivity index (χ0n) is 10.0. The van der Waals surface area contributed by atoms with Crippen molar-refractivity contribution in [2.45, 2.75) is 26.7 Å². The van der Waals surface area contributed by atoms with Crippen molar-refractivity contribution in [3.8, 4) is 11.8 Å². The number of halogens is 1. The van der Waals surface area contributed by atoms with Crippen molar-refractivity contribution in [2.24, 2.45) is 0 Å². The van der Waals surface area contributed by atoms with Crippen LogP contribution in [0.15, 0.2) is 6.20 Å². The Morgan fingerprint density at radius 1 is 1.59 bits per heavy atom. The lowest BCUT2D eigenvalue weighted by molar-refractivity contribution is 0.0953. The van der Waals surface area contributed by atoms with Gasteiger partial charge < -0.3 is 5.32 Å². The van der Waals surface area contributed by atoms with Gasteiger partial charge in [-0.05, 0) is 6.92 Å². The van der Waals surface area contributed by atoms with Gasteiger partial charge in [0.15, 0.2) is 0 Å². The molecular weight excluding hydrogens is 238 g/mol. The second kappa shape index (κ2) is 6.21. The highest BCUT2D eigenvalue weighted by molar-refractivity contribution is 6.33. The molecule has 1 N–H and O–H groups in total. The van der Waals surface area contributed by atoms with Gasteiger partial charge in [0.05, 0.1) is 17.8 Å². The number of rotatable bonds is 3. The monoisotopic (exact) mass is 251 g/mol. The van der Waals surface area contributed by atoms with E-state index in [1.807, 2.05) is 13.8 Å². The van der Waals surface area contributed by atoms with E-state index < -0.39 is 0 Å². The van der Waals surface area contributed by atoms with E-state index in [0.717, 1.165) is 0 Å². The minimum atomic E-state index is -0.331. The molecule has 0 spiro atoms. The predicted molar refractivity (Wildman–Crippen MR) is 66.9 cm³/mol. The second-order valence-corrected chi connectivity index (χ2v) is 4.10. The average molecular weight is 252 g/mol. The molecule has 1 aromatic rings. The summed E-state index contributed by atoms with van der Waals surface area (Å²) in [5, 5.41) is 2.87. The first-order valence-electron chi connectivity index (χ1n) is 5.26. The van der Waals surface area contributed by atoms with Gasteiger partial charge in [-0.1, -0.05) is 31.4 Å². The molecule has 0 unspecified atom stereocenters. The summed E-state index contributed by atoms with van der Waals surface area (Å²) in [5.41, 5.74) is 0.197. The Kier molecular flexibility index (Phi) is 4.92. The van der Waals surface area contributed by atoms with Gasteiger partial charge in [0.2, 0.25) is 0 Å². The SMILES string of the molecule is CC#CCNC(=O)c1nc(C(C)C)ncc1Cl. The number of nitrogens with zero attached hydrogens (tertiary/aromatic N) is 2. The Morgan fingerprint density at radius 2 is 2.29 bits per heavy atom. The van der Waals surface area contributed by atoms with Crippen molar-refractivity contribution in [3.05, 3.63) is 22.7 Å². The minimum Gasteiger partial charge on any atom is -0.340 e. The third-order valence-corrected chi connectivity index (χ3v) is 2.28. The number of hydrogen-bond acceptors (Lipinski definition) is 3. The lowest BCUT2D eigenvalue weighted by Crippen LogP contribution is -2.25. The van der Waals surface area contributed by atoms with Crippen molar-refractivity contribution < 1.29 is 4.79 Å². The molecule has 0 aliphatic carbocycles. The maximum absolute atomic E-state index is 11.8. The van der Waals surface area contributed by atoms with Crippen molar-refractivity contribution >= 4 is 17.5 Å². The summed E-state index contributed by atoms with van der Waals surface area (Å²) in [6, 6.07) is 0. The molecule has 0 aromatic carbocycles. The van der Waals surface area contributed by atoms with Gasteiger partial charge in [0.1, 0.15) is 11.5 Å². The van der Waals surface area contributed by atoms with Crippen LogP contribution in [0.25, 0.3) is 0 Å². The van der Waals surface area contributed by atoms with E-state index >= 15 is 0 Å². The Labute approximate surface area is 106 Å². The van der Waals surface area contributed by atoms with Crippen molar-refractivity contribution in [3.63, 3.8) is 0 Å². The number of amides is 1. The number of carbonyl (C=O) groups excluding carboxylic acids is 1. The number of nitrogens with one attached hydrogen (secondary N) is 1. The summed E-state index contributed by atoms with van der Waals surface area (Å²) in [6.07, 6.45) is 1.45. The summed E-state index contributed by atoms with van der Waals surface area (Å²) in [7, 11) is 0. The van der Waals surface area contributed by atoms with E-state index in [1.54, 1.807) is 6.92 Å². The van der Waals surface area contributed by atoms with E-state index in [-0.39, 0.29) is 29.1 Å². The van der Waals surface area contributed by atoms with Crippen LogP contribution in [0.4, 0.5) is 0 Å². The molecule has 1 amide bonds. The Morgan fingerprint density at radius 3 is 2.88 bits per heavy atom. The van der Waals surface area contributed by atoms with Crippen LogP contribution in [-0.2, 0) is 0 Å². The highest BCUT2D eigenvalue weighted by atomic mass is 35.5. The van der Waals surface area contributed by atoms with E-state index in [2.05, 4.69) is 27.1 Å². The Hall–Kier alpha value is -1.60. The highest BCUT2D eigenvalue weighted by Crippen LogP contribution is 2.15. The molecule has 1 rings (SSSR count). The highest BCUT2D eigenvalue weighted by Gasteiger charge is 2.14. The zero-order valence-corrected chi connectivity index (χ0v) is 10.8. The van der Waals surface area contributed by atoms with Crippen LogP contribution in [0.2, 0.25) is 5.02 Å². The fourth-order valence-electron chi connectivity index (χ4n) is 1.11. The molecule has 90 valence electrons. The van der Waals surface area contributed by atoms with Crippen LogP contribution < -0.4 is 5.32 Å². The third-order valence-electron chi connectivity index (χ3n) is 2.01. The van der Waals surface area contributed by atoms with Crippen LogP contribution in [0, 0.1) is 11.8 Å². The third kappa shape index (κ3) is 3.72. The number of hydrogen-bond donors (Lipinski definition) is 1. The molecule has 17 heavy (non-hydrogen) atoms. The van der Waals surface area contributed by atoms with Gasteiger partial charge in [-0.3, -0.25) is 4.79 Å². The first-order valence-corrected chi connectivity index (χ1v) is 5.64. The average Bonchev–Trinajstić information content (AvgIpc) is 2.29. The van der Waals surface area contributed by atoms with Crippen LogP contribution in [0.3, 0.4) is 0 Å². The quantitative estimate of drug-likeness (QED) is 0.836. The van der Waals surface area contributed by atoms with Crippen LogP contribution in [0.1, 0.15) is 43.0 Å². The summed E-state index contributed by atoms with van der Waals surface area (Å²) < 4.78 is 0. The standard InChI is InChI=1S/C12H14ClN3O/c1-4-5-6-14-12(17)10-9(13)7-15-11(16-10)8(2)3/h7-8H,6H2,1-3H3,(H,14,17). The fraction of sp³-hybridized carbons (Fsp3) is 0.417. The summed E-state index contributed by atoms with van der Waals surface area (Å²) in [6.45, 7) is 5.90. The van der Waals surface area contributed by atoms with Crippen molar-refractivity contribution in [1.29, 1.82) is 0 Å². The van der Waals surface area contributed by atoms with Gasteiger partial charge in [-0.15, -0.1) is 5.92 Å².